The van der Waals surface area contributed by atoms with Gasteiger partial charge >= 0.3 is 0 Å². The van der Waals surface area contributed by atoms with E-state index in [2.05, 4.69) is 0 Å². The maximum atomic E-state index is 14.0. The van der Waals surface area contributed by atoms with Gasteiger partial charge in [0.2, 0.25) is 15.9 Å². The van der Waals surface area contributed by atoms with Crippen molar-refractivity contribution in [2.75, 3.05) is 18.0 Å². The Bertz CT molecular complexity index is 1490. The summed E-state index contributed by atoms with van der Waals surface area (Å²) in [5, 5.41) is 1.11. The van der Waals surface area contributed by atoms with Crippen molar-refractivity contribution in [3.8, 4) is 0 Å². The molecule has 1 fully saturated rings. The van der Waals surface area contributed by atoms with E-state index in [1.54, 1.807) is 17.0 Å². The fourth-order valence-corrected chi connectivity index (χ4v) is 7.23. The summed E-state index contributed by atoms with van der Waals surface area (Å²) in [7, 11) is -3.73. The third-order valence-electron chi connectivity index (χ3n) is 6.47. The van der Waals surface area contributed by atoms with E-state index in [0.717, 1.165) is 21.3 Å². The lowest BCUT2D eigenvalue weighted by Gasteiger charge is -2.33. The normalized spacial score (nSPS) is 16.8. The second-order valence-electron chi connectivity index (χ2n) is 8.98. The van der Waals surface area contributed by atoms with Crippen LogP contribution in [-0.4, -0.2) is 36.7 Å². The number of anilines is 1. The largest absolute Gasteiger partial charge is 0.283 e. The number of carbonyl (C=O) groups excluding carboxylic acids is 1. The second kappa shape index (κ2) is 10.3. The van der Waals surface area contributed by atoms with Crippen LogP contribution in [0.25, 0.3) is 10.2 Å². The zero-order chi connectivity index (χ0) is 25.3. The zero-order valence-electron chi connectivity index (χ0n) is 19.8. The van der Waals surface area contributed by atoms with Crippen molar-refractivity contribution in [3.05, 3.63) is 88.9 Å². The Morgan fingerprint density at radius 1 is 1.08 bits per heavy atom. The number of sulfonamides is 1. The van der Waals surface area contributed by atoms with Crippen LogP contribution in [0.4, 0.5) is 5.13 Å². The third-order valence-corrected chi connectivity index (χ3v) is 9.65. The SMILES string of the molecule is Cc1cccc2sc(N(Cc3ccccc3)C(=O)C3CCCN(S(=O)(=O)c4ccc(Cl)cc4)C3)nc12. The van der Waals surface area contributed by atoms with Gasteiger partial charge in [-0.15, -0.1) is 0 Å². The van der Waals surface area contributed by atoms with Crippen molar-refractivity contribution in [1.29, 1.82) is 0 Å². The molecule has 4 aromatic rings. The third kappa shape index (κ3) is 5.04. The Kier molecular flexibility index (Phi) is 7.12. The number of aromatic nitrogens is 1. The van der Waals surface area contributed by atoms with Crippen molar-refractivity contribution in [1.82, 2.24) is 9.29 Å². The van der Waals surface area contributed by atoms with E-state index in [9.17, 15) is 13.2 Å². The summed E-state index contributed by atoms with van der Waals surface area (Å²) >= 11 is 7.43. The van der Waals surface area contributed by atoms with Gasteiger partial charge in [-0.1, -0.05) is 65.4 Å². The van der Waals surface area contributed by atoms with E-state index in [4.69, 9.17) is 16.6 Å². The average Bonchev–Trinajstić information content (AvgIpc) is 3.33. The first-order valence-corrected chi connectivity index (χ1v) is 14.4. The molecule has 6 nitrogen and oxygen atoms in total. The number of rotatable bonds is 6. The number of benzene rings is 3. The molecule has 3 aromatic carbocycles. The van der Waals surface area contributed by atoms with Gasteiger partial charge in [-0.2, -0.15) is 4.31 Å². The number of fused-ring (bicyclic) bond motifs is 1. The Labute approximate surface area is 220 Å². The summed E-state index contributed by atoms with van der Waals surface area (Å²) in [4.78, 5) is 20.7. The molecule has 0 bridgehead atoms. The van der Waals surface area contributed by atoms with Crippen LogP contribution in [0.3, 0.4) is 0 Å². The molecule has 1 saturated heterocycles. The number of carbonyl (C=O) groups is 1. The summed E-state index contributed by atoms with van der Waals surface area (Å²) in [5.41, 5.74) is 2.93. The molecule has 0 saturated carbocycles. The Hall–Kier alpha value is -2.78. The van der Waals surface area contributed by atoms with Crippen molar-refractivity contribution < 1.29 is 13.2 Å². The molecule has 1 amide bonds. The molecular weight excluding hydrogens is 514 g/mol. The van der Waals surface area contributed by atoms with E-state index in [0.29, 0.717) is 36.1 Å². The maximum absolute atomic E-state index is 14.0. The topological polar surface area (TPSA) is 70.6 Å². The van der Waals surface area contributed by atoms with Gasteiger partial charge in [-0.05, 0) is 61.2 Å². The second-order valence-corrected chi connectivity index (χ2v) is 12.4. The molecule has 0 N–H and O–H groups in total. The molecule has 0 aliphatic carbocycles. The van der Waals surface area contributed by atoms with Gasteiger partial charge in [0.15, 0.2) is 5.13 Å². The van der Waals surface area contributed by atoms with Crippen molar-refractivity contribution in [2.45, 2.75) is 31.2 Å². The monoisotopic (exact) mass is 539 g/mol. The quantitative estimate of drug-likeness (QED) is 0.306. The average molecular weight is 540 g/mol. The number of thiazole rings is 1. The standard InChI is InChI=1S/C27H26ClN3O3S2/c1-19-7-5-11-24-25(19)29-27(35-24)31(17-20-8-3-2-4-9-20)26(32)21-10-6-16-30(18-21)36(33,34)23-14-12-22(28)13-15-23/h2-5,7-9,11-15,21H,6,10,16-18H2,1H3. The number of hydrogen-bond donors (Lipinski definition) is 0. The maximum Gasteiger partial charge on any atom is 0.243 e. The highest BCUT2D eigenvalue weighted by atomic mass is 35.5. The summed E-state index contributed by atoms with van der Waals surface area (Å²) in [5.74, 6) is -0.566. The lowest BCUT2D eigenvalue weighted by Crippen LogP contribution is -2.46. The van der Waals surface area contributed by atoms with Gasteiger partial charge in [0.25, 0.3) is 0 Å². The van der Waals surface area contributed by atoms with Gasteiger partial charge in [0.05, 0.1) is 27.6 Å². The fourth-order valence-electron chi connectivity index (χ4n) is 4.53. The van der Waals surface area contributed by atoms with Gasteiger partial charge < -0.3 is 0 Å². The minimum Gasteiger partial charge on any atom is -0.283 e. The number of halogens is 1. The molecule has 0 radical (unpaired) electrons. The Morgan fingerprint density at radius 3 is 2.56 bits per heavy atom. The molecule has 1 aliphatic heterocycles. The van der Waals surface area contributed by atoms with Crippen molar-refractivity contribution in [2.24, 2.45) is 5.92 Å². The van der Waals surface area contributed by atoms with E-state index in [1.165, 1.54) is 27.8 Å². The van der Waals surface area contributed by atoms with Crippen LogP contribution in [0.5, 0.6) is 0 Å². The van der Waals surface area contributed by atoms with Gasteiger partial charge in [-0.25, -0.2) is 13.4 Å². The summed E-state index contributed by atoms with van der Waals surface area (Å²) in [6, 6.07) is 22.0. The first-order valence-electron chi connectivity index (χ1n) is 11.8. The minimum absolute atomic E-state index is 0.105. The highest BCUT2D eigenvalue weighted by Crippen LogP contribution is 2.34. The molecule has 5 rings (SSSR count). The number of hydrogen-bond acceptors (Lipinski definition) is 5. The van der Waals surface area contributed by atoms with Crippen LogP contribution in [-0.2, 0) is 21.4 Å². The molecule has 1 unspecified atom stereocenters. The molecular formula is C27H26ClN3O3S2. The first kappa shape index (κ1) is 24.9. The highest BCUT2D eigenvalue weighted by molar-refractivity contribution is 7.89. The fraction of sp³-hybridized carbons (Fsp3) is 0.259. The number of para-hydroxylation sites is 1. The lowest BCUT2D eigenvalue weighted by molar-refractivity contribution is -0.123. The Balaban J connectivity index is 1.45. The van der Waals surface area contributed by atoms with E-state index in [-0.39, 0.29) is 17.3 Å². The van der Waals surface area contributed by atoms with E-state index in [1.807, 2.05) is 55.5 Å². The molecule has 1 aromatic heterocycles. The summed E-state index contributed by atoms with van der Waals surface area (Å²) < 4.78 is 29.0. The van der Waals surface area contributed by atoms with E-state index < -0.39 is 15.9 Å². The molecule has 1 aliphatic rings. The molecule has 186 valence electrons. The van der Waals surface area contributed by atoms with Gasteiger partial charge in [0, 0.05) is 18.1 Å². The zero-order valence-corrected chi connectivity index (χ0v) is 22.2. The predicted molar refractivity (Wildman–Crippen MR) is 145 cm³/mol. The predicted octanol–water partition coefficient (Wildman–Crippen LogP) is 5.89. The number of piperidine rings is 1. The number of amides is 1. The minimum atomic E-state index is -3.73. The summed E-state index contributed by atoms with van der Waals surface area (Å²) in [6.45, 7) is 2.90. The first-order chi connectivity index (χ1) is 17.3. The smallest absolute Gasteiger partial charge is 0.243 e. The molecule has 0 spiro atoms. The van der Waals surface area contributed by atoms with Gasteiger partial charge in [0.1, 0.15) is 0 Å². The van der Waals surface area contributed by atoms with Crippen LogP contribution in [0.15, 0.2) is 77.7 Å². The van der Waals surface area contributed by atoms with Crippen LogP contribution in [0, 0.1) is 12.8 Å². The van der Waals surface area contributed by atoms with Crippen molar-refractivity contribution in [3.63, 3.8) is 0 Å². The highest BCUT2D eigenvalue weighted by Gasteiger charge is 2.36. The molecule has 1 atom stereocenters. The van der Waals surface area contributed by atoms with E-state index >= 15 is 0 Å². The Morgan fingerprint density at radius 2 is 1.83 bits per heavy atom. The van der Waals surface area contributed by atoms with Crippen molar-refractivity contribution >= 4 is 54.2 Å². The summed E-state index contributed by atoms with van der Waals surface area (Å²) in [6.07, 6.45) is 1.24. The number of nitrogens with zero attached hydrogens (tertiary/aromatic N) is 3. The van der Waals surface area contributed by atoms with Crippen LogP contribution in [0.1, 0.15) is 24.0 Å². The molecule has 2 heterocycles. The van der Waals surface area contributed by atoms with Crippen LogP contribution in [0.2, 0.25) is 5.02 Å². The molecule has 9 heteroatoms. The van der Waals surface area contributed by atoms with Gasteiger partial charge in [-0.3, -0.25) is 9.69 Å². The molecule has 36 heavy (non-hydrogen) atoms. The van der Waals surface area contributed by atoms with Crippen LogP contribution >= 0.6 is 22.9 Å². The number of aryl methyl sites for hydroxylation is 1. The lowest BCUT2D eigenvalue weighted by atomic mass is 9.98. The van der Waals surface area contributed by atoms with Crippen LogP contribution < -0.4 is 4.90 Å².